The molecule has 7 heteroatoms. The third-order valence-corrected chi connectivity index (χ3v) is 3.00. The van der Waals surface area contributed by atoms with E-state index >= 15 is 0 Å². The minimum Gasteiger partial charge on any atom is -0.374 e. The van der Waals surface area contributed by atoms with E-state index in [2.05, 4.69) is 10.3 Å². The maximum atomic E-state index is 11.9. The van der Waals surface area contributed by atoms with Gasteiger partial charge >= 0.3 is 0 Å². The first-order chi connectivity index (χ1) is 8.99. The molecule has 0 spiro atoms. The number of hydrogen-bond donors (Lipinski definition) is 2. The van der Waals surface area contributed by atoms with Gasteiger partial charge in [-0.3, -0.25) is 24.3 Å². The molecule has 7 nitrogen and oxygen atoms in total. The first kappa shape index (κ1) is 13.0. The Hall–Kier alpha value is -2.44. The predicted octanol–water partition coefficient (Wildman–Crippen LogP) is -0.260. The molecule has 1 aromatic heterocycles. The van der Waals surface area contributed by atoms with Gasteiger partial charge in [0.2, 0.25) is 5.91 Å². The lowest BCUT2D eigenvalue weighted by Crippen LogP contribution is -2.48. The van der Waals surface area contributed by atoms with E-state index in [9.17, 15) is 14.4 Å². The molecule has 0 aliphatic carbocycles. The molecule has 3 N–H and O–H groups in total. The Morgan fingerprint density at radius 1 is 1.53 bits per heavy atom. The van der Waals surface area contributed by atoms with Crippen molar-refractivity contribution in [3.63, 3.8) is 0 Å². The summed E-state index contributed by atoms with van der Waals surface area (Å²) in [4.78, 5) is 39.2. The van der Waals surface area contributed by atoms with Crippen molar-refractivity contribution in [2.45, 2.75) is 18.9 Å². The van der Waals surface area contributed by atoms with Gasteiger partial charge in [-0.1, -0.05) is 0 Å². The smallest absolute Gasteiger partial charge is 0.267 e. The standard InChI is InChI=1S/C12H14N4O3/c1-16-10(17)3-2-8(12(16)19)15-7-4-5-14-9(6-7)11(13)18/h4-6,8H,2-3H2,1H3,(H2,13,18)(H,14,15). The SMILES string of the molecule is CN1C(=O)CCC(Nc2ccnc(C(N)=O)c2)C1=O. The summed E-state index contributed by atoms with van der Waals surface area (Å²) < 4.78 is 0. The zero-order valence-electron chi connectivity index (χ0n) is 10.4. The topological polar surface area (TPSA) is 105 Å². The fourth-order valence-electron chi connectivity index (χ4n) is 1.91. The number of anilines is 1. The molecule has 0 aromatic carbocycles. The van der Waals surface area contributed by atoms with Gasteiger partial charge < -0.3 is 11.1 Å². The van der Waals surface area contributed by atoms with Crippen LogP contribution in [-0.2, 0) is 9.59 Å². The summed E-state index contributed by atoms with van der Waals surface area (Å²) in [6.07, 6.45) is 2.18. The highest BCUT2D eigenvalue weighted by atomic mass is 16.2. The third kappa shape index (κ3) is 2.70. The molecule has 2 rings (SSSR count). The van der Waals surface area contributed by atoms with Crippen LogP contribution >= 0.6 is 0 Å². The number of carbonyl (C=O) groups is 3. The Bertz CT molecular complexity index is 544. The van der Waals surface area contributed by atoms with Crippen LogP contribution < -0.4 is 11.1 Å². The number of imide groups is 1. The Balaban J connectivity index is 2.13. The maximum Gasteiger partial charge on any atom is 0.267 e. The van der Waals surface area contributed by atoms with E-state index in [1.165, 1.54) is 19.3 Å². The number of pyridine rings is 1. The molecule has 0 bridgehead atoms. The van der Waals surface area contributed by atoms with Crippen molar-refractivity contribution in [2.24, 2.45) is 5.73 Å². The van der Waals surface area contributed by atoms with Crippen molar-refractivity contribution >= 4 is 23.4 Å². The Morgan fingerprint density at radius 3 is 2.95 bits per heavy atom. The molecule has 0 saturated carbocycles. The molecule has 1 fully saturated rings. The van der Waals surface area contributed by atoms with Gasteiger partial charge in [0.05, 0.1) is 0 Å². The lowest BCUT2D eigenvalue weighted by molar-refractivity contribution is -0.146. The Kier molecular flexibility index (Phi) is 3.46. The molecule has 2 heterocycles. The second kappa shape index (κ2) is 5.05. The number of primary amides is 1. The normalized spacial score (nSPS) is 19.4. The summed E-state index contributed by atoms with van der Waals surface area (Å²) in [6, 6.07) is 2.63. The van der Waals surface area contributed by atoms with Gasteiger partial charge in [-0.05, 0) is 18.6 Å². The van der Waals surface area contributed by atoms with Crippen molar-refractivity contribution in [3.8, 4) is 0 Å². The highest BCUT2D eigenvalue weighted by Gasteiger charge is 2.31. The molecule has 1 aliphatic rings. The minimum absolute atomic E-state index is 0.123. The largest absolute Gasteiger partial charge is 0.374 e. The van der Waals surface area contributed by atoms with E-state index < -0.39 is 11.9 Å². The molecule has 100 valence electrons. The number of likely N-dealkylation sites (N-methyl/N-ethyl adjacent to an activating group) is 1. The van der Waals surface area contributed by atoms with Crippen LogP contribution in [0.15, 0.2) is 18.3 Å². The van der Waals surface area contributed by atoms with Gasteiger partial charge in [-0.25, -0.2) is 0 Å². The molecule has 0 radical (unpaired) electrons. The van der Waals surface area contributed by atoms with E-state index in [0.29, 0.717) is 18.5 Å². The number of piperidine rings is 1. The molecule has 1 unspecified atom stereocenters. The summed E-state index contributed by atoms with van der Waals surface area (Å²) in [5.41, 5.74) is 5.83. The quantitative estimate of drug-likeness (QED) is 0.730. The summed E-state index contributed by atoms with van der Waals surface area (Å²) in [5, 5.41) is 2.99. The molecular formula is C12H14N4O3. The number of amides is 3. The lowest BCUT2D eigenvalue weighted by atomic mass is 10.0. The van der Waals surface area contributed by atoms with Gasteiger partial charge in [0, 0.05) is 25.4 Å². The molecule has 1 aliphatic heterocycles. The van der Waals surface area contributed by atoms with E-state index in [1.807, 2.05) is 0 Å². The predicted molar refractivity (Wildman–Crippen MR) is 67.2 cm³/mol. The first-order valence-electron chi connectivity index (χ1n) is 5.82. The number of nitrogens with one attached hydrogen (secondary N) is 1. The van der Waals surface area contributed by atoms with E-state index in [0.717, 1.165) is 4.90 Å². The Labute approximate surface area is 109 Å². The van der Waals surface area contributed by atoms with E-state index in [1.54, 1.807) is 6.07 Å². The number of carbonyl (C=O) groups excluding carboxylic acids is 3. The highest BCUT2D eigenvalue weighted by molar-refractivity contribution is 6.01. The van der Waals surface area contributed by atoms with Crippen LogP contribution in [0.4, 0.5) is 5.69 Å². The lowest BCUT2D eigenvalue weighted by Gasteiger charge is -2.28. The van der Waals surface area contributed by atoms with Crippen LogP contribution in [0.1, 0.15) is 23.3 Å². The molecule has 1 aromatic rings. The van der Waals surface area contributed by atoms with Gasteiger partial charge in [-0.2, -0.15) is 0 Å². The van der Waals surface area contributed by atoms with Gasteiger partial charge in [0.1, 0.15) is 11.7 Å². The van der Waals surface area contributed by atoms with Crippen molar-refractivity contribution in [1.82, 2.24) is 9.88 Å². The second-order valence-corrected chi connectivity index (χ2v) is 4.32. The van der Waals surface area contributed by atoms with Crippen LogP contribution in [0.3, 0.4) is 0 Å². The fourth-order valence-corrected chi connectivity index (χ4v) is 1.91. The van der Waals surface area contributed by atoms with Crippen molar-refractivity contribution in [1.29, 1.82) is 0 Å². The summed E-state index contributed by atoms with van der Waals surface area (Å²) >= 11 is 0. The maximum absolute atomic E-state index is 11.9. The van der Waals surface area contributed by atoms with Gasteiger partial charge in [0.25, 0.3) is 11.8 Å². The molecule has 1 atom stereocenters. The van der Waals surface area contributed by atoms with E-state index in [-0.39, 0.29) is 17.5 Å². The average Bonchev–Trinajstić information content (AvgIpc) is 2.40. The van der Waals surface area contributed by atoms with Crippen molar-refractivity contribution < 1.29 is 14.4 Å². The molecular weight excluding hydrogens is 248 g/mol. The van der Waals surface area contributed by atoms with Crippen molar-refractivity contribution in [3.05, 3.63) is 24.0 Å². The number of hydrogen-bond acceptors (Lipinski definition) is 5. The second-order valence-electron chi connectivity index (χ2n) is 4.32. The third-order valence-electron chi connectivity index (χ3n) is 3.00. The minimum atomic E-state index is -0.633. The monoisotopic (exact) mass is 262 g/mol. The fraction of sp³-hybridized carbons (Fsp3) is 0.333. The Morgan fingerprint density at radius 2 is 2.26 bits per heavy atom. The van der Waals surface area contributed by atoms with Crippen LogP contribution in [-0.4, -0.2) is 40.7 Å². The first-order valence-corrected chi connectivity index (χ1v) is 5.82. The summed E-state index contributed by atoms with van der Waals surface area (Å²) in [7, 11) is 1.46. The zero-order valence-corrected chi connectivity index (χ0v) is 10.4. The van der Waals surface area contributed by atoms with Crippen LogP contribution in [0, 0.1) is 0 Å². The van der Waals surface area contributed by atoms with Gasteiger partial charge in [0.15, 0.2) is 0 Å². The summed E-state index contributed by atoms with van der Waals surface area (Å²) in [5.74, 6) is -1.10. The molecule has 19 heavy (non-hydrogen) atoms. The number of aromatic nitrogens is 1. The zero-order chi connectivity index (χ0) is 14.0. The highest BCUT2D eigenvalue weighted by Crippen LogP contribution is 2.17. The van der Waals surface area contributed by atoms with Crippen molar-refractivity contribution in [2.75, 3.05) is 12.4 Å². The van der Waals surface area contributed by atoms with Gasteiger partial charge in [-0.15, -0.1) is 0 Å². The average molecular weight is 262 g/mol. The molecule has 3 amide bonds. The van der Waals surface area contributed by atoms with Crippen LogP contribution in [0.5, 0.6) is 0 Å². The van der Waals surface area contributed by atoms with Crippen LogP contribution in [0.2, 0.25) is 0 Å². The number of nitrogens with zero attached hydrogens (tertiary/aromatic N) is 2. The van der Waals surface area contributed by atoms with E-state index in [4.69, 9.17) is 5.73 Å². The number of likely N-dealkylation sites (tertiary alicyclic amines) is 1. The molecule has 1 saturated heterocycles. The summed E-state index contributed by atoms with van der Waals surface area (Å²) in [6.45, 7) is 0. The number of nitrogens with two attached hydrogens (primary N) is 1. The van der Waals surface area contributed by atoms with Crippen LogP contribution in [0.25, 0.3) is 0 Å². The number of rotatable bonds is 3.